The minimum absolute atomic E-state index is 0.0296. The summed E-state index contributed by atoms with van der Waals surface area (Å²) in [5.74, 6) is -5.31. The summed E-state index contributed by atoms with van der Waals surface area (Å²) in [6, 6.07) is 24.5. The molecule has 2 bridgehead atoms. The molecule has 0 aromatic heterocycles. The maximum absolute atomic E-state index is 14.4. The van der Waals surface area contributed by atoms with Gasteiger partial charge < -0.3 is 0 Å². The van der Waals surface area contributed by atoms with Crippen LogP contribution in [0.4, 0.5) is 5.69 Å². The van der Waals surface area contributed by atoms with Gasteiger partial charge in [-0.2, -0.15) is 5.01 Å². The van der Waals surface area contributed by atoms with Crippen molar-refractivity contribution in [3.8, 4) is 0 Å². The molecule has 1 aliphatic heterocycles. The highest BCUT2D eigenvalue weighted by Gasteiger charge is 2.63. The molecule has 0 unspecified atom stereocenters. The van der Waals surface area contributed by atoms with E-state index in [2.05, 4.69) is 0 Å². The molecule has 0 saturated carbocycles. The van der Waals surface area contributed by atoms with Gasteiger partial charge in [0.05, 0.1) is 21.8 Å². The van der Waals surface area contributed by atoms with Gasteiger partial charge >= 0.3 is 0 Å². The predicted molar refractivity (Wildman–Crippen MR) is 160 cm³/mol. The number of nitro groups is 1. The van der Waals surface area contributed by atoms with E-state index in [1.165, 1.54) is 36.4 Å². The Morgan fingerprint density at radius 2 is 1.32 bits per heavy atom. The summed E-state index contributed by atoms with van der Waals surface area (Å²) in [4.78, 5) is 67.3. The van der Waals surface area contributed by atoms with Gasteiger partial charge in [-0.25, -0.2) is 5.01 Å². The number of carbonyl (C=O) groups excluding carboxylic acids is 4. The number of carbonyl (C=O) groups is 4. The Bertz CT molecular complexity index is 1830. The lowest BCUT2D eigenvalue weighted by Crippen LogP contribution is -2.52. The van der Waals surface area contributed by atoms with Gasteiger partial charge in [0.15, 0.2) is 5.78 Å². The predicted octanol–water partition coefficient (Wildman–Crippen LogP) is 6.03. The summed E-state index contributed by atoms with van der Waals surface area (Å²) in [7, 11) is 0. The Morgan fingerprint density at radius 1 is 0.773 bits per heavy atom. The molecule has 0 N–H and O–H groups in total. The molecule has 4 aromatic carbocycles. The van der Waals surface area contributed by atoms with E-state index in [0.29, 0.717) is 5.02 Å². The number of hydrogen-bond donors (Lipinski definition) is 0. The molecule has 218 valence electrons. The molecule has 3 aliphatic carbocycles. The first-order valence-electron chi connectivity index (χ1n) is 13.8. The van der Waals surface area contributed by atoms with Crippen LogP contribution in [0.15, 0.2) is 91.0 Å². The van der Waals surface area contributed by atoms with Crippen LogP contribution in [0, 0.1) is 22.0 Å². The Labute approximate surface area is 260 Å². The zero-order chi connectivity index (χ0) is 30.9. The van der Waals surface area contributed by atoms with Crippen molar-refractivity contribution in [2.75, 3.05) is 6.54 Å². The molecule has 44 heavy (non-hydrogen) atoms. The molecule has 0 spiro atoms. The van der Waals surface area contributed by atoms with Crippen LogP contribution in [0.25, 0.3) is 0 Å². The van der Waals surface area contributed by atoms with Crippen molar-refractivity contribution in [3.63, 3.8) is 0 Å². The number of hydrogen-bond acceptors (Lipinski definition) is 6. The maximum Gasteiger partial charge on any atom is 0.273 e. The van der Waals surface area contributed by atoms with Gasteiger partial charge in [-0.3, -0.25) is 29.3 Å². The highest BCUT2D eigenvalue weighted by molar-refractivity contribution is 6.37. The molecule has 9 nitrogen and oxygen atoms in total. The normalized spacial score (nSPS) is 21.0. The molecule has 2 atom stereocenters. The van der Waals surface area contributed by atoms with E-state index in [1.807, 2.05) is 48.5 Å². The molecule has 3 amide bonds. The largest absolute Gasteiger partial charge is 0.292 e. The number of amides is 3. The number of nitro benzene ring substituents is 1. The van der Waals surface area contributed by atoms with E-state index in [1.54, 1.807) is 0 Å². The van der Waals surface area contributed by atoms with E-state index < -0.39 is 58.6 Å². The summed E-state index contributed by atoms with van der Waals surface area (Å²) in [5.41, 5.74) is 3.28. The molecule has 4 aromatic rings. The monoisotopic (exact) mass is 625 g/mol. The van der Waals surface area contributed by atoms with Crippen molar-refractivity contribution < 1.29 is 24.1 Å². The van der Waals surface area contributed by atoms with E-state index in [0.717, 1.165) is 38.3 Å². The van der Waals surface area contributed by atoms with E-state index >= 15 is 0 Å². The van der Waals surface area contributed by atoms with Gasteiger partial charge in [-0.1, -0.05) is 77.8 Å². The average molecular weight is 626 g/mol. The lowest BCUT2D eigenvalue weighted by atomic mass is 9.55. The highest BCUT2D eigenvalue weighted by Crippen LogP contribution is 2.61. The van der Waals surface area contributed by atoms with Gasteiger partial charge in [0.1, 0.15) is 6.54 Å². The fourth-order valence-electron chi connectivity index (χ4n) is 6.97. The second kappa shape index (κ2) is 10.4. The molecule has 4 aliphatic rings. The van der Waals surface area contributed by atoms with Crippen LogP contribution >= 0.6 is 23.2 Å². The average Bonchev–Trinajstić information content (AvgIpc) is 3.29. The summed E-state index contributed by atoms with van der Waals surface area (Å²) in [6.07, 6.45) is 0. The van der Waals surface area contributed by atoms with Crippen molar-refractivity contribution in [3.05, 3.63) is 145 Å². The number of benzene rings is 4. The zero-order valence-electron chi connectivity index (χ0n) is 22.7. The minimum atomic E-state index is -0.921. The zero-order valence-corrected chi connectivity index (χ0v) is 24.2. The van der Waals surface area contributed by atoms with Crippen LogP contribution in [0.2, 0.25) is 10.0 Å². The molecule has 8 rings (SSSR count). The third-order valence-electron chi connectivity index (χ3n) is 8.73. The standard InChI is InChI=1S/C33H21Cl2N3O6/c34-18-12-13-24(25(35)15-18)26(39)16-36(31(40)17-6-5-7-19(14-17)38(43)44)37-32(41)29-27-20-8-1-2-9-21(20)28(30(29)33(37)42)23-11-4-3-10-22(23)27/h1-15,27-30H,16H2/t27?,28?,29-,30-/m1/s1. The topological polar surface area (TPSA) is 118 Å². The number of Topliss-reactive ketones (excluding diaryl/α,β-unsaturated/α-hetero) is 1. The first-order valence-corrected chi connectivity index (χ1v) is 14.5. The maximum atomic E-state index is 14.4. The molecular weight excluding hydrogens is 605 g/mol. The number of non-ortho nitro benzene ring substituents is 1. The lowest BCUT2D eigenvalue weighted by Gasteiger charge is -2.45. The van der Waals surface area contributed by atoms with Crippen LogP contribution in [0.3, 0.4) is 0 Å². The van der Waals surface area contributed by atoms with Crippen LogP contribution in [-0.4, -0.2) is 45.0 Å². The van der Waals surface area contributed by atoms with Crippen LogP contribution < -0.4 is 0 Å². The third-order valence-corrected chi connectivity index (χ3v) is 9.28. The van der Waals surface area contributed by atoms with Gasteiger partial charge in [0, 0.05) is 40.1 Å². The number of imide groups is 1. The number of nitrogens with zero attached hydrogens (tertiary/aromatic N) is 3. The van der Waals surface area contributed by atoms with Crippen LogP contribution in [0.1, 0.15) is 54.8 Å². The molecule has 11 heteroatoms. The van der Waals surface area contributed by atoms with E-state index in [9.17, 15) is 29.3 Å². The van der Waals surface area contributed by atoms with Gasteiger partial charge in [0.2, 0.25) is 0 Å². The molecular formula is C33H21Cl2N3O6. The van der Waals surface area contributed by atoms with Crippen LogP contribution in [-0.2, 0) is 9.59 Å². The number of ketones is 1. The van der Waals surface area contributed by atoms with E-state index in [-0.39, 0.29) is 21.8 Å². The van der Waals surface area contributed by atoms with Crippen molar-refractivity contribution in [2.24, 2.45) is 11.8 Å². The van der Waals surface area contributed by atoms with Gasteiger partial charge in [-0.15, -0.1) is 0 Å². The van der Waals surface area contributed by atoms with Crippen LogP contribution in [0.5, 0.6) is 0 Å². The smallest absolute Gasteiger partial charge is 0.273 e. The highest BCUT2D eigenvalue weighted by atomic mass is 35.5. The fourth-order valence-corrected chi connectivity index (χ4v) is 7.49. The van der Waals surface area contributed by atoms with Crippen molar-refractivity contribution in [2.45, 2.75) is 11.8 Å². The van der Waals surface area contributed by atoms with Gasteiger partial charge in [0.25, 0.3) is 23.4 Å². The van der Waals surface area contributed by atoms with E-state index in [4.69, 9.17) is 23.2 Å². The minimum Gasteiger partial charge on any atom is -0.292 e. The van der Waals surface area contributed by atoms with Crippen molar-refractivity contribution in [1.29, 1.82) is 0 Å². The second-order valence-electron chi connectivity index (χ2n) is 11.0. The summed E-state index contributed by atoms with van der Waals surface area (Å²) < 4.78 is 0. The fraction of sp³-hybridized carbons (Fsp3) is 0.152. The lowest BCUT2D eigenvalue weighted by molar-refractivity contribution is -0.384. The first kappa shape index (κ1) is 27.9. The van der Waals surface area contributed by atoms with Crippen molar-refractivity contribution >= 4 is 52.4 Å². The Balaban J connectivity index is 1.34. The van der Waals surface area contributed by atoms with Crippen molar-refractivity contribution in [1.82, 2.24) is 10.0 Å². The molecule has 0 radical (unpaired) electrons. The third kappa shape index (κ3) is 4.15. The first-order chi connectivity index (χ1) is 21.2. The molecule has 1 fully saturated rings. The summed E-state index contributed by atoms with van der Waals surface area (Å²) in [5, 5.41) is 13.4. The molecule has 1 heterocycles. The summed E-state index contributed by atoms with van der Waals surface area (Å²) >= 11 is 12.3. The number of halogens is 2. The molecule has 1 saturated heterocycles. The second-order valence-corrected chi connectivity index (χ2v) is 11.8. The van der Waals surface area contributed by atoms with Gasteiger partial charge in [-0.05, 0) is 46.5 Å². The number of hydrazine groups is 1. The summed E-state index contributed by atoms with van der Waals surface area (Å²) in [6.45, 7) is -0.727. The Kier molecular flexibility index (Phi) is 6.60. The SMILES string of the molecule is O=C(CN(C(=O)c1cccc([N+](=O)[O-])c1)N1C(=O)[C@@H]2C3c4ccccc4C(c4ccccc43)[C@H]2C1=O)c1ccc(Cl)cc1Cl. The number of rotatable bonds is 6. The Hall–Kier alpha value is -4.86. The quantitative estimate of drug-likeness (QED) is 0.112. The Morgan fingerprint density at radius 3 is 1.82 bits per heavy atom.